The highest BCUT2D eigenvalue weighted by atomic mass is 15.2. The van der Waals surface area contributed by atoms with Gasteiger partial charge in [0.1, 0.15) is 5.82 Å². The lowest BCUT2D eigenvalue weighted by molar-refractivity contribution is 1.10. The van der Waals surface area contributed by atoms with Crippen LogP contribution < -0.4 is 11.1 Å². The Morgan fingerprint density at radius 2 is 2.00 bits per heavy atom. The number of nitrogen functional groups attached to an aromatic ring is 1. The third kappa shape index (κ3) is 1.91. The quantitative estimate of drug-likeness (QED) is 0.668. The fourth-order valence-corrected chi connectivity index (χ4v) is 2.07. The zero-order valence-corrected chi connectivity index (χ0v) is 10.2. The Morgan fingerprint density at radius 3 is 2.74 bits per heavy atom. The van der Waals surface area contributed by atoms with Crippen LogP contribution in [0.25, 0.3) is 22.2 Å². The van der Waals surface area contributed by atoms with Crippen molar-refractivity contribution in [2.75, 3.05) is 11.1 Å². The van der Waals surface area contributed by atoms with Crippen molar-refractivity contribution in [3.63, 3.8) is 0 Å². The number of aromatic nitrogens is 3. The molecule has 2 heterocycles. The molecule has 0 saturated carbocycles. The van der Waals surface area contributed by atoms with E-state index in [1.54, 1.807) is 12.4 Å². The molecule has 0 amide bonds. The maximum absolute atomic E-state index is 5.91. The third-order valence-electron chi connectivity index (χ3n) is 2.95. The Kier molecular flexibility index (Phi) is 2.64. The van der Waals surface area contributed by atoms with Crippen LogP contribution in [0.4, 0.5) is 11.5 Å². The van der Waals surface area contributed by atoms with Crippen molar-refractivity contribution in [2.45, 2.75) is 0 Å². The van der Waals surface area contributed by atoms with Crippen LogP contribution >= 0.6 is 0 Å². The third-order valence-corrected chi connectivity index (χ3v) is 2.95. The van der Waals surface area contributed by atoms with Gasteiger partial charge in [-0.15, -0.1) is 0 Å². The van der Waals surface area contributed by atoms with Crippen LogP contribution in [0.3, 0.4) is 0 Å². The van der Waals surface area contributed by atoms with Gasteiger partial charge >= 0.3 is 0 Å². The number of aromatic amines is 1. The van der Waals surface area contributed by atoms with Crippen LogP contribution in [0.5, 0.6) is 0 Å². The van der Waals surface area contributed by atoms with Gasteiger partial charge in [-0.25, -0.2) is 4.98 Å². The first-order valence-corrected chi connectivity index (χ1v) is 5.86. The number of nitrogens with two attached hydrogens (primary N) is 1. The molecule has 0 fully saturated rings. The van der Waals surface area contributed by atoms with Crippen LogP contribution in [0.15, 0.2) is 49.3 Å². The Labute approximate surface area is 110 Å². The second-order valence-electron chi connectivity index (χ2n) is 4.12. The zero-order valence-electron chi connectivity index (χ0n) is 10.2. The molecule has 5 nitrogen and oxygen atoms in total. The Hall–Kier alpha value is -2.82. The average molecular weight is 251 g/mol. The van der Waals surface area contributed by atoms with Gasteiger partial charge in [0, 0.05) is 11.9 Å². The molecular weight excluding hydrogens is 238 g/mol. The summed E-state index contributed by atoms with van der Waals surface area (Å²) in [6.45, 7) is 3.63. The number of nitrogens with zero attached hydrogens (tertiary/aromatic N) is 2. The Bertz CT molecular complexity index is 727. The van der Waals surface area contributed by atoms with Crippen molar-refractivity contribution in [2.24, 2.45) is 0 Å². The minimum atomic E-state index is 0.534. The molecule has 0 bridgehead atoms. The molecular formula is C14H13N5. The smallest absolute Gasteiger partial charge is 0.183 e. The number of fused-ring (bicyclic) bond motifs is 1. The summed E-state index contributed by atoms with van der Waals surface area (Å²) in [7, 11) is 0. The van der Waals surface area contributed by atoms with E-state index >= 15 is 0 Å². The van der Waals surface area contributed by atoms with Crippen molar-refractivity contribution in [1.29, 1.82) is 0 Å². The summed E-state index contributed by atoms with van der Waals surface area (Å²) in [5.41, 5.74) is 9.61. The molecule has 0 saturated heterocycles. The number of hydrogen-bond donors (Lipinski definition) is 3. The molecule has 0 radical (unpaired) electrons. The van der Waals surface area contributed by atoms with E-state index in [2.05, 4.69) is 27.1 Å². The predicted molar refractivity (Wildman–Crippen MR) is 77.6 cm³/mol. The normalized spacial score (nSPS) is 10.5. The number of nitrogens with one attached hydrogen (secondary N) is 2. The zero-order chi connectivity index (χ0) is 13.2. The van der Waals surface area contributed by atoms with Gasteiger partial charge in [0.25, 0.3) is 0 Å². The van der Waals surface area contributed by atoms with Gasteiger partial charge in [0.2, 0.25) is 0 Å². The number of anilines is 2. The van der Waals surface area contributed by atoms with Gasteiger partial charge in [-0.05, 0) is 35.5 Å². The summed E-state index contributed by atoms with van der Waals surface area (Å²) in [6.07, 6.45) is 3.38. The van der Waals surface area contributed by atoms with Crippen LogP contribution in [0.2, 0.25) is 0 Å². The highest BCUT2D eigenvalue weighted by Gasteiger charge is 2.10. The second-order valence-corrected chi connectivity index (χ2v) is 4.12. The van der Waals surface area contributed by atoms with Crippen molar-refractivity contribution >= 4 is 22.5 Å². The standard InChI is InChI=1S/C14H13N5/c1-2-16-10-5-3-9(4-6-10)11-7-8-17-14-12(11)13(15)18-19-14/h2-8,16H,1H2,(H3,15,17,18,19). The van der Waals surface area contributed by atoms with E-state index in [9.17, 15) is 0 Å². The Morgan fingerprint density at radius 1 is 1.21 bits per heavy atom. The van der Waals surface area contributed by atoms with E-state index in [1.165, 1.54) is 0 Å². The Balaban J connectivity index is 2.13. The first-order chi connectivity index (χ1) is 9.29. The lowest BCUT2D eigenvalue weighted by Crippen LogP contribution is -1.89. The van der Waals surface area contributed by atoms with Gasteiger partial charge in [0.15, 0.2) is 5.65 Å². The fraction of sp³-hybridized carbons (Fsp3) is 0. The van der Waals surface area contributed by atoms with Gasteiger partial charge in [-0.1, -0.05) is 18.7 Å². The minimum absolute atomic E-state index is 0.534. The first-order valence-electron chi connectivity index (χ1n) is 5.86. The summed E-state index contributed by atoms with van der Waals surface area (Å²) < 4.78 is 0. The fourth-order valence-electron chi connectivity index (χ4n) is 2.07. The molecule has 2 aromatic heterocycles. The summed E-state index contributed by atoms with van der Waals surface area (Å²) in [5, 5.41) is 10.7. The van der Waals surface area contributed by atoms with Crippen molar-refractivity contribution in [1.82, 2.24) is 15.2 Å². The molecule has 3 rings (SSSR count). The van der Waals surface area contributed by atoms with Crippen LogP contribution in [0, 0.1) is 0 Å². The molecule has 0 aliphatic heterocycles. The average Bonchev–Trinajstić information content (AvgIpc) is 2.82. The molecule has 4 N–H and O–H groups in total. The van der Waals surface area contributed by atoms with Gasteiger partial charge in [-0.3, -0.25) is 5.10 Å². The number of hydrogen-bond acceptors (Lipinski definition) is 4. The monoisotopic (exact) mass is 251 g/mol. The molecule has 5 heteroatoms. The van der Waals surface area contributed by atoms with Crippen LogP contribution in [-0.2, 0) is 0 Å². The van der Waals surface area contributed by atoms with Crippen molar-refractivity contribution in [3.8, 4) is 11.1 Å². The first kappa shape index (κ1) is 11.3. The predicted octanol–water partition coefficient (Wildman–Crippen LogP) is 2.76. The SMILES string of the molecule is C=CNc1ccc(-c2ccnc3n[nH]c(N)c23)cc1. The molecule has 94 valence electrons. The van der Waals surface area contributed by atoms with E-state index < -0.39 is 0 Å². The van der Waals surface area contributed by atoms with E-state index in [1.807, 2.05) is 30.3 Å². The van der Waals surface area contributed by atoms with Crippen molar-refractivity contribution < 1.29 is 0 Å². The number of H-pyrrole nitrogens is 1. The number of benzene rings is 1. The highest BCUT2D eigenvalue weighted by Crippen LogP contribution is 2.30. The van der Waals surface area contributed by atoms with Gasteiger partial charge < -0.3 is 11.1 Å². The molecule has 0 atom stereocenters. The van der Waals surface area contributed by atoms with Gasteiger partial charge in [-0.2, -0.15) is 5.10 Å². The van der Waals surface area contributed by atoms with Crippen molar-refractivity contribution in [3.05, 3.63) is 49.3 Å². The van der Waals surface area contributed by atoms with Crippen LogP contribution in [-0.4, -0.2) is 15.2 Å². The van der Waals surface area contributed by atoms with E-state index in [4.69, 9.17) is 5.73 Å². The maximum atomic E-state index is 5.91. The largest absolute Gasteiger partial charge is 0.383 e. The molecule has 19 heavy (non-hydrogen) atoms. The highest BCUT2D eigenvalue weighted by molar-refractivity contribution is 5.99. The summed E-state index contributed by atoms with van der Waals surface area (Å²) in [5.74, 6) is 0.534. The second kappa shape index (κ2) is 4.45. The van der Waals surface area contributed by atoms with E-state index in [0.717, 1.165) is 22.2 Å². The van der Waals surface area contributed by atoms with E-state index in [0.29, 0.717) is 11.5 Å². The molecule has 0 aliphatic carbocycles. The summed E-state index contributed by atoms with van der Waals surface area (Å²) in [6, 6.07) is 9.95. The molecule has 3 aromatic rings. The lowest BCUT2D eigenvalue weighted by Gasteiger charge is -2.05. The molecule has 0 aliphatic rings. The number of pyridine rings is 1. The molecule has 1 aromatic carbocycles. The minimum Gasteiger partial charge on any atom is -0.383 e. The number of rotatable bonds is 3. The molecule has 0 spiro atoms. The maximum Gasteiger partial charge on any atom is 0.183 e. The van der Waals surface area contributed by atoms with E-state index in [-0.39, 0.29) is 0 Å². The van der Waals surface area contributed by atoms with Crippen LogP contribution in [0.1, 0.15) is 0 Å². The summed E-state index contributed by atoms with van der Waals surface area (Å²) >= 11 is 0. The van der Waals surface area contributed by atoms with Gasteiger partial charge in [0.05, 0.1) is 5.39 Å². The summed E-state index contributed by atoms with van der Waals surface area (Å²) in [4.78, 5) is 4.19. The molecule has 0 unspecified atom stereocenters. The topological polar surface area (TPSA) is 79.6 Å². The lowest BCUT2D eigenvalue weighted by atomic mass is 10.0.